The van der Waals surface area contributed by atoms with Gasteiger partial charge < -0.3 is 5.11 Å². The predicted octanol–water partition coefficient (Wildman–Crippen LogP) is 2.79. The number of aliphatic hydroxyl groups excluding tert-OH is 1. The normalized spacial score (nSPS) is 23.7. The maximum atomic E-state index is 8.68. The highest BCUT2D eigenvalue weighted by molar-refractivity contribution is 5.36. The summed E-state index contributed by atoms with van der Waals surface area (Å²) >= 11 is 0. The molecule has 0 radical (unpaired) electrons. The van der Waals surface area contributed by atoms with E-state index >= 15 is 0 Å². The molecule has 2 atom stereocenters. The van der Waals surface area contributed by atoms with Gasteiger partial charge in [0.1, 0.15) is 6.61 Å². The van der Waals surface area contributed by atoms with Gasteiger partial charge in [0.25, 0.3) is 0 Å². The minimum Gasteiger partial charge on any atom is -0.384 e. The van der Waals surface area contributed by atoms with E-state index in [0.29, 0.717) is 12.1 Å². The van der Waals surface area contributed by atoms with Crippen molar-refractivity contribution in [2.45, 2.75) is 51.7 Å². The molecule has 0 spiro atoms. The number of aliphatic hydroxyl groups is 1. The summed E-state index contributed by atoms with van der Waals surface area (Å²) < 4.78 is 0. The third kappa shape index (κ3) is 3.83. The average Bonchev–Trinajstić information content (AvgIpc) is 2.42. The lowest BCUT2D eigenvalue weighted by atomic mass is 9.96. The highest BCUT2D eigenvalue weighted by Crippen LogP contribution is 2.24. The Bertz CT molecular complexity index is 444. The molecule has 1 aromatic carbocycles. The van der Waals surface area contributed by atoms with Crippen LogP contribution in [-0.4, -0.2) is 28.7 Å². The molecule has 1 fully saturated rings. The summed E-state index contributed by atoms with van der Waals surface area (Å²) in [5, 5.41) is 8.68. The van der Waals surface area contributed by atoms with E-state index in [0.717, 1.165) is 12.1 Å². The largest absolute Gasteiger partial charge is 0.384 e. The minimum absolute atomic E-state index is 0.0788. The zero-order valence-electron chi connectivity index (χ0n) is 11.9. The predicted molar refractivity (Wildman–Crippen MR) is 78.7 cm³/mol. The molecule has 1 aliphatic rings. The fourth-order valence-corrected chi connectivity index (χ4v) is 2.83. The molecule has 1 saturated heterocycles. The quantitative estimate of drug-likeness (QED) is 0.824. The summed E-state index contributed by atoms with van der Waals surface area (Å²) in [6, 6.07) is 9.73. The van der Waals surface area contributed by atoms with E-state index in [9.17, 15) is 0 Å². The maximum Gasteiger partial charge on any atom is 0.104 e. The van der Waals surface area contributed by atoms with Crippen LogP contribution in [-0.2, 0) is 6.54 Å². The van der Waals surface area contributed by atoms with Crippen molar-refractivity contribution in [1.29, 1.82) is 0 Å². The van der Waals surface area contributed by atoms with E-state index in [2.05, 4.69) is 42.7 Å². The molecule has 0 aromatic heterocycles. The van der Waals surface area contributed by atoms with Gasteiger partial charge in [-0.15, -0.1) is 0 Å². The van der Waals surface area contributed by atoms with E-state index in [1.54, 1.807) is 0 Å². The molecule has 102 valence electrons. The topological polar surface area (TPSA) is 23.5 Å². The van der Waals surface area contributed by atoms with Gasteiger partial charge in [-0.1, -0.05) is 30.4 Å². The third-order valence-corrected chi connectivity index (χ3v) is 4.01. The van der Waals surface area contributed by atoms with Gasteiger partial charge in [0, 0.05) is 24.2 Å². The zero-order chi connectivity index (χ0) is 13.7. The molecule has 2 heteroatoms. The second kappa shape index (κ2) is 6.75. The molecule has 1 heterocycles. The SMILES string of the molecule is CC1CCCC(C)N1Cc1ccc(C#CCO)cc1. The summed E-state index contributed by atoms with van der Waals surface area (Å²) in [5.74, 6) is 5.60. The van der Waals surface area contributed by atoms with Crippen molar-refractivity contribution < 1.29 is 5.11 Å². The number of hydrogen-bond donors (Lipinski definition) is 1. The number of benzene rings is 1. The first-order chi connectivity index (χ1) is 9.20. The molecule has 0 bridgehead atoms. The van der Waals surface area contributed by atoms with E-state index in [4.69, 9.17) is 5.11 Å². The zero-order valence-corrected chi connectivity index (χ0v) is 11.9. The van der Waals surface area contributed by atoms with E-state index < -0.39 is 0 Å². The van der Waals surface area contributed by atoms with Gasteiger partial charge in [-0.25, -0.2) is 0 Å². The molecular weight excluding hydrogens is 234 g/mol. The van der Waals surface area contributed by atoms with Gasteiger partial charge in [0.15, 0.2) is 0 Å². The molecule has 2 nitrogen and oxygen atoms in total. The van der Waals surface area contributed by atoms with Crippen LogP contribution in [0.3, 0.4) is 0 Å². The lowest BCUT2D eigenvalue weighted by molar-refractivity contribution is 0.0953. The Morgan fingerprint density at radius 1 is 1.16 bits per heavy atom. The fraction of sp³-hybridized carbons (Fsp3) is 0.529. The van der Waals surface area contributed by atoms with Crippen molar-refractivity contribution >= 4 is 0 Å². The summed E-state index contributed by atoms with van der Waals surface area (Å²) in [7, 11) is 0. The van der Waals surface area contributed by atoms with Crippen LogP contribution in [0.5, 0.6) is 0 Å². The molecule has 0 amide bonds. The summed E-state index contributed by atoms with van der Waals surface area (Å²) in [6.45, 7) is 5.61. The van der Waals surface area contributed by atoms with Crippen LogP contribution in [0.25, 0.3) is 0 Å². The molecule has 2 rings (SSSR count). The fourth-order valence-electron chi connectivity index (χ4n) is 2.83. The molecule has 19 heavy (non-hydrogen) atoms. The van der Waals surface area contributed by atoms with Gasteiger partial charge in [-0.05, 0) is 44.4 Å². The van der Waals surface area contributed by atoms with Crippen LogP contribution in [0, 0.1) is 11.8 Å². The second-order valence-electron chi connectivity index (χ2n) is 5.46. The van der Waals surface area contributed by atoms with Gasteiger partial charge in [0.2, 0.25) is 0 Å². The summed E-state index contributed by atoms with van der Waals surface area (Å²) in [5.41, 5.74) is 2.31. The number of rotatable bonds is 2. The van der Waals surface area contributed by atoms with Crippen LogP contribution in [0.15, 0.2) is 24.3 Å². The van der Waals surface area contributed by atoms with Crippen LogP contribution in [0.1, 0.15) is 44.2 Å². The standard InChI is InChI=1S/C17H23NO/c1-14-5-3-6-15(2)18(14)13-17-10-8-16(9-11-17)7-4-12-19/h8-11,14-15,19H,3,5-6,12-13H2,1-2H3. The Morgan fingerprint density at radius 3 is 2.37 bits per heavy atom. The van der Waals surface area contributed by atoms with E-state index in [1.165, 1.54) is 24.8 Å². The van der Waals surface area contributed by atoms with Crippen LogP contribution < -0.4 is 0 Å². The summed E-state index contributed by atoms with van der Waals surface area (Å²) in [4.78, 5) is 2.60. The highest BCUT2D eigenvalue weighted by Gasteiger charge is 2.24. The smallest absolute Gasteiger partial charge is 0.104 e. The molecule has 2 unspecified atom stereocenters. The van der Waals surface area contributed by atoms with Crippen molar-refractivity contribution in [1.82, 2.24) is 4.90 Å². The van der Waals surface area contributed by atoms with Crippen LogP contribution in [0.2, 0.25) is 0 Å². The Balaban J connectivity index is 2.02. The number of piperidine rings is 1. The van der Waals surface area contributed by atoms with Gasteiger partial charge in [-0.2, -0.15) is 0 Å². The number of hydrogen-bond acceptors (Lipinski definition) is 2. The molecule has 1 N–H and O–H groups in total. The highest BCUT2D eigenvalue weighted by atomic mass is 16.2. The Hall–Kier alpha value is -1.30. The van der Waals surface area contributed by atoms with Gasteiger partial charge >= 0.3 is 0 Å². The lowest BCUT2D eigenvalue weighted by Crippen LogP contribution is -2.42. The van der Waals surface area contributed by atoms with E-state index in [1.807, 2.05) is 12.1 Å². The Morgan fingerprint density at radius 2 is 1.79 bits per heavy atom. The van der Waals surface area contributed by atoms with Crippen molar-refractivity contribution in [3.05, 3.63) is 35.4 Å². The first-order valence-corrected chi connectivity index (χ1v) is 7.15. The summed E-state index contributed by atoms with van der Waals surface area (Å²) in [6.07, 6.45) is 3.98. The maximum absolute atomic E-state index is 8.68. The third-order valence-electron chi connectivity index (χ3n) is 4.01. The van der Waals surface area contributed by atoms with Crippen molar-refractivity contribution in [2.75, 3.05) is 6.61 Å². The minimum atomic E-state index is -0.0788. The van der Waals surface area contributed by atoms with Crippen molar-refractivity contribution in [2.24, 2.45) is 0 Å². The molecule has 0 aliphatic carbocycles. The van der Waals surface area contributed by atoms with Crippen LogP contribution in [0.4, 0.5) is 0 Å². The van der Waals surface area contributed by atoms with Gasteiger partial charge in [-0.3, -0.25) is 4.90 Å². The molecule has 1 aliphatic heterocycles. The molecular formula is C17H23NO. The molecule has 0 saturated carbocycles. The monoisotopic (exact) mass is 257 g/mol. The van der Waals surface area contributed by atoms with Gasteiger partial charge in [0.05, 0.1) is 0 Å². The first-order valence-electron chi connectivity index (χ1n) is 7.15. The number of likely N-dealkylation sites (tertiary alicyclic amines) is 1. The Kier molecular flexibility index (Phi) is 5.01. The lowest BCUT2D eigenvalue weighted by Gasteiger charge is -2.39. The van der Waals surface area contributed by atoms with E-state index in [-0.39, 0.29) is 6.61 Å². The molecule has 1 aromatic rings. The van der Waals surface area contributed by atoms with Crippen LogP contribution >= 0.6 is 0 Å². The number of nitrogens with zero attached hydrogens (tertiary/aromatic N) is 1. The van der Waals surface area contributed by atoms with Crippen molar-refractivity contribution in [3.63, 3.8) is 0 Å². The average molecular weight is 257 g/mol. The second-order valence-corrected chi connectivity index (χ2v) is 5.46. The first kappa shape index (κ1) is 14.1. The Labute approximate surface area is 116 Å². The van der Waals surface area contributed by atoms with Crippen molar-refractivity contribution in [3.8, 4) is 11.8 Å².